The van der Waals surface area contributed by atoms with Gasteiger partial charge in [-0.25, -0.2) is 9.78 Å². The fourth-order valence-corrected chi connectivity index (χ4v) is 3.15. The fourth-order valence-electron chi connectivity index (χ4n) is 2.89. The summed E-state index contributed by atoms with van der Waals surface area (Å²) in [5.41, 5.74) is 11.6. The van der Waals surface area contributed by atoms with Gasteiger partial charge in [0, 0.05) is 30.5 Å². The molecular formula is C20H33N7O6S. The van der Waals surface area contributed by atoms with E-state index < -0.39 is 53.8 Å². The van der Waals surface area contributed by atoms with E-state index in [2.05, 4.69) is 38.5 Å². The molecule has 34 heavy (non-hydrogen) atoms. The summed E-state index contributed by atoms with van der Waals surface area (Å²) >= 11 is 4.07. The lowest BCUT2D eigenvalue weighted by atomic mass is 9.98. The third-order valence-electron chi connectivity index (χ3n) is 5.28. The Hall–Kier alpha value is -3.13. The van der Waals surface area contributed by atoms with Gasteiger partial charge in [0.1, 0.15) is 18.1 Å². The molecule has 0 saturated carbocycles. The number of aliphatic carboxylic acids is 1. The van der Waals surface area contributed by atoms with Crippen molar-refractivity contribution >= 4 is 42.2 Å². The molecule has 0 aromatic carbocycles. The first-order valence-electron chi connectivity index (χ1n) is 10.8. The molecular weight excluding hydrogens is 466 g/mol. The number of imidazole rings is 1. The second-order valence-corrected chi connectivity index (χ2v) is 8.27. The molecule has 0 aliphatic heterocycles. The van der Waals surface area contributed by atoms with Crippen LogP contribution < -0.4 is 27.4 Å². The molecule has 5 unspecified atom stereocenters. The van der Waals surface area contributed by atoms with Crippen molar-refractivity contribution in [2.75, 3.05) is 5.75 Å². The molecule has 9 N–H and O–H groups in total. The lowest BCUT2D eigenvalue weighted by Crippen LogP contribution is -2.58. The number of thiol groups is 1. The van der Waals surface area contributed by atoms with Crippen molar-refractivity contribution in [3.63, 3.8) is 0 Å². The van der Waals surface area contributed by atoms with Crippen LogP contribution in [-0.2, 0) is 30.4 Å². The average molecular weight is 500 g/mol. The maximum absolute atomic E-state index is 13.0. The number of H-pyrrole nitrogens is 1. The van der Waals surface area contributed by atoms with Crippen LogP contribution in [-0.4, -0.2) is 74.6 Å². The summed E-state index contributed by atoms with van der Waals surface area (Å²) in [5, 5.41) is 16.6. The quantitative estimate of drug-likeness (QED) is 0.126. The Morgan fingerprint density at radius 3 is 2.18 bits per heavy atom. The number of carbonyl (C=O) groups excluding carboxylic acids is 4. The van der Waals surface area contributed by atoms with Crippen LogP contribution >= 0.6 is 12.6 Å². The van der Waals surface area contributed by atoms with Gasteiger partial charge in [0.2, 0.25) is 23.6 Å². The third-order valence-corrected chi connectivity index (χ3v) is 5.65. The van der Waals surface area contributed by atoms with Crippen LogP contribution in [0.2, 0.25) is 0 Å². The largest absolute Gasteiger partial charge is 0.480 e. The number of primary amides is 1. The summed E-state index contributed by atoms with van der Waals surface area (Å²) in [4.78, 5) is 67.2. The number of aromatic amines is 1. The van der Waals surface area contributed by atoms with Crippen LogP contribution in [0.3, 0.4) is 0 Å². The van der Waals surface area contributed by atoms with E-state index in [1.807, 2.05) is 13.8 Å². The minimum Gasteiger partial charge on any atom is -0.480 e. The number of carboxylic acids is 1. The van der Waals surface area contributed by atoms with Gasteiger partial charge < -0.3 is 37.5 Å². The lowest BCUT2D eigenvalue weighted by molar-refractivity contribution is -0.142. The molecule has 0 fully saturated rings. The number of nitrogens with one attached hydrogen (secondary N) is 4. The fraction of sp³-hybridized carbons (Fsp3) is 0.600. The van der Waals surface area contributed by atoms with Crippen molar-refractivity contribution in [3.05, 3.63) is 18.2 Å². The molecule has 0 spiro atoms. The van der Waals surface area contributed by atoms with Crippen molar-refractivity contribution in [1.29, 1.82) is 0 Å². The number of carbonyl (C=O) groups is 5. The molecule has 190 valence electrons. The maximum atomic E-state index is 13.0. The van der Waals surface area contributed by atoms with Gasteiger partial charge in [-0.15, -0.1) is 0 Å². The number of hydrogen-bond acceptors (Lipinski definition) is 8. The summed E-state index contributed by atoms with van der Waals surface area (Å²) in [6, 6.07) is -4.53. The van der Waals surface area contributed by atoms with Crippen LogP contribution in [0.25, 0.3) is 0 Å². The molecule has 1 rings (SSSR count). The predicted octanol–water partition coefficient (Wildman–Crippen LogP) is -1.94. The Morgan fingerprint density at radius 1 is 1.09 bits per heavy atom. The third kappa shape index (κ3) is 9.39. The Kier molecular flexibility index (Phi) is 12.1. The number of aromatic nitrogens is 2. The van der Waals surface area contributed by atoms with Gasteiger partial charge in [-0.3, -0.25) is 19.2 Å². The first-order chi connectivity index (χ1) is 16.0. The highest BCUT2D eigenvalue weighted by Gasteiger charge is 2.31. The molecule has 0 aliphatic rings. The molecule has 0 bridgehead atoms. The van der Waals surface area contributed by atoms with Crippen molar-refractivity contribution in [3.8, 4) is 0 Å². The van der Waals surface area contributed by atoms with Crippen LogP contribution in [0.1, 0.15) is 38.8 Å². The number of carboxylic acid groups (broad SMARTS) is 1. The van der Waals surface area contributed by atoms with Gasteiger partial charge in [0.05, 0.1) is 12.4 Å². The Labute approximate surface area is 202 Å². The molecule has 0 aliphatic carbocycles. The molecule has 0 radical (unpaired) electrons. The molecule has 1 aromatic heterocycles. The van der Waals surface area contributed by atoms with Crippen LogP contribution in [0.15, 0.2) is 12.5 Å². The van der Waals surface area contributed by atoms with E-state index in [1.165, 1.54) is 12.5 Å². The van der Waals surface area contributed by atoms with Crippen molar-refractivity contribution in [1.82, 2.24) is 25.9 Å². The zero-order valence-electron chi connectivity index (χ0n) is 19.1. The topological polar surface area (TPSA) is 222 Å². The zero-order valence-corrected chi connectivity index (χ0v) is 20.0. The van der Waals surface area contributed by atoms with Crippen LogP contribution in [0.5, 0.6) is 0 Å². The lowest BCUT2D eigenvalue weighted by Gasteiger charge is -2.25. The highest BCUT2D eigenvalue weighted by Crippen LogP contribution is 2.07. The van der Waals surface area contributed by atoms with Gasteiger partial charge in [0.25, 0.3) is 0 Å². The van der Waals surface area contributed by atoms with E-state index in [4.69, 9.17) is 11.5 Å². The zero-order chi connectivity index (χ0) is 25.8. The Bertz CT molecular complexity index is 850. The molecule has 5 atom stereocenters. The highest BCUT2D eigenvalue weighted by molar-refractivity contribution is 7.80. The van der Waals surface area contributed by atoms with Gasteiger partial charge in [-0.1, -0.05) is 20.3 Å². The Morgan fingerprint density at radius 2 is 1.68 bits per heavy atom. The number of amides is 4. The molecule has 14 heteroatoms. The maximum Gasteiger partial charge on any atom is 0.326 e. The molecule has 1 heterocycles. The second-order valence-electron chi connectivity index (χ2n) is 7.90. The summed E-state index contributed by atoms with van der Waals surface area (Å²) < 4.78 is 0. The van der Waals surface area contributed by atoms with Gasteiger partial charge in [-0.05, 0) is 12.3 Å². The highest BCUT2D eigenvalue weighted by atomic mass is 32.1. The average Bonchev–Trinajstić information content (AvgIpc) is 3.30. The summed E-state index contributed by atoms with van der Waals surface area (Å²) in [6.45, 7) is 3.70. The normalized spacial score (nSPS) is 15.3. The predicted molar refractivity (Wildman–Crippen MR) is 125 cm³/mol. The Balaban J connectivity index is 2.93. The van der Waals surface area contributed by atoms with E-state index in [0.717, 1.165) is 0 Å². The standard InChI is InChI=1S/C20H33N7O6S/c1-3-10(2)16(22)19(31)26-13(6-11-7-23-9-24-11)17(29)27-14(8-34)18(30)25-12(20(32)33)4-5-15(21)28/h7,9-10,12-14,16,34H,3-6,8,22H2,1-2H3,(H2,21,28)(H,23,24)(H,25,30)(H,26,31)(H,27,29)(H,32,33). The van der Waals surface area contributed by atoms with Crippen LogP contribution in [0.4, 0.5) is 0 Å². The minimum atomic E-state index is -1.38. The summed E-state index contributed by atoms with van der Waals surface area (Å²) in [7, 11) is 0. The van der Waals surface area contributed by atoms with E-state index >= 15 is 0 Å². The van der Waals surface area contributed by atoms with Crippen molar-refractivity contribution < 1.29 is 29.1 Å². The SMILES string of the molecule is CCC(C)C(N)C(=O)NC(Cc1cnc[nH]1)C(=O)NC(CS)C(=O)NC(CCC(N)=O)C(=O)O. The van der Waals surface area contributed by atoms with Crippen molar-refractivity contribution in [2.45, 2.75) is 63.7 Å². The molecule has 4 amide bonds. The molecule has 13 nitrogen and oxygen atoms in total. The van der Waals surface area contributed by atoms with Crippen LogP contribution in [0, 0.1) is 5.92 Å². The number of rotatable bonds is 15. The van der Waals surface area contributed by atoms with Gasteiger partial charge in [0.15, 0.2) is 0 Å². The molecule has 1 aromatic rings. The summed E-state index contributed by atoms with van der Waals surface area (Å²) in [6.07, 6.45) is 3.15. The summed E-state index contributed by atoms with van der Waals surface area (Å²) in [5.74, 6) is -4.40. The van der Waals surface area contributed by atoms with E-state index in [-0.39, 0.29) is 30.9 Å². The first-order valence-corrected chi connectivity index (χ1v) is 11.4. The van der Waals surface area contributed by atoms with E-state index in [1.54, 1.807) is 0 Å². The van der Waals surface area contributed by atoms with E-state index in [0.29, 0.717) is 12.1 Å². The van der Waals surface area contributed by atoms with E-state index in [9.17, 15) is 29.1 Å². The second kappa shape index (κ2) is 14.2. The number of nitrogens with two attached hydrogens (primary N) is 2. The smallest absolute Gasteiger partial charge is 0.326 e. The van der Waals surface area contributed by atoms with Crippen molar-refractivity contribution in [2.24, 2.45) is 17.4 Å². The number of hydrogen-bond donors (Lipinski definition) is 8. The monoisotopic (exact) mass is 499 g/mol. The first kappa shape index (κ1) is 28.9. The molecule has 0 saturated heterocycles. The van der Waals surface area contributed by atoms with Gasteiger partial charge in [-0.2, -0.15) is 12.6 Å². The number of nitrogens with zero attached hydrogens (tertiary/aromatic N) is 1. The minimum absolute atomic E-state index is 0.0437. The van der Waals surface area contributed by atoms with Gasteiger partial charge >= 0.3 is 5.97 Å².